The summed E-state index contributed by atoms with van der Waals surface area (Å²) in [6, 6.07) is 6.15. The molecule has 0 radical (unpaired) electrons. The minimum atomic E-state index is 0.196. The SMILES string of the molecule is CCCCCc1nc2ccc(OCCN(CC)CCO)cc2s1. The highest BCUT2D eigenvalue weighted by Gasteiger charge is 2.06. The maximum absolute atomic E-state index is 8.99. The highest BCUT2D eigenvalue weighted by atomic mass is 32.1. The van der Waals surface area contributed by atoms with E-state index in [0.717, 1.165) is 30.8 Å². The van der Waals surface area contributed by atoms with Gasteiger partial charge in [-0.3, -0.25) is 4.90 Å². The quantitative estimate of drug-likeness (QED) is 0.635. The molecule has 2 rings (SSSR count). The van der Waals surface area contributed by atoms with E-state index < -0.39 is 0 Å². The summed E-state index contributed by atoms with van der Waals surface area (Å²) >= 11 is 1.78. The van der Waals surface area contributed by atoms with Crippen LogP contribution in [0.1, 0.15) is 38.1 Å². The Labute approximate surface area is 143 Å². The first kappa shape index (κ1) is 18.2. The molecule has 0 aliphatic heterocycles. The van der Waals surface area contributed by atoms with Crippen molar-refractivity contribution in [2.75, 3.05) is 32.8 Å². The molecule has 1 aromatic carbocycles. The van der Waals surface area contributed by atoms with E-state index in [1.165, 1.54) is 29.0 Å². The molecule has 0 aliphatic carbocycles. The van der Waals surface area contributed by atoms with Gasteiger partial charge in [-0.05, 0) is 37.6 Å². The number of aliphatic hydroxyl groups excluding tert-OH is 1. The van der Waals surface area contributed by atoms with Crippen LogP contribution in [0.3, 0.4) is 0 Å². The molecule has 0 aliphatic rings. The summed E-state index contributed by atoms with van der Waals surface area (Å²) in [7, 11) is 0. The van der Waals surface area contributed by atoms with Gasteiger partial charge in [0.1, 0.15) is 12.4 Å². The van der Waals surface area contributed by atoms with Crippen molar-refractivity contribution in [1.82, 2.24) is 9.88 Å². The van der Waals surface area contributed by atoms with Crippen molar-refractivity contribution in [3.05, 3.63) is 23.2 Å². The smallest absolute Gasteiger partial charge is 0.120 e. The molecule has 23 heavy (non-hydrogen) atoms. The van der Waals surface area contributed by atoms with E-state index >= 15 is 0 Å². The maximum atomic E-state index is 8.99. The highest BCUT2D eigenvalue weighted by Crippen LogP contribution is 2.27. The van der Waals surface area contributed by atoms with Crippen molar-refractivity contribution in [1.29, 1.82) is 0 Å². The lowest BCUT2D eigenvalue weighted by Gasteiger charge is -2.19. The molecule has 1 heterocycles. The third-order valence-electron chi connectivity index (χ3n) is 3.94. The lowest BCUT2D eigenvalue weighted by atomic mass is 10.2. The minimum absolute atomic E-state index is 0.196. The number of aliphatic hydroxyl groups is 1. The fourth-order valence-corrected chi connectivity index (χ4v) is 3.58. The topological polar surface area (TPSA) is 45.6 Å². The van der Waals surface area contributed by atoms with E-state index in [0.29, 0.717) is 13.2 Å². The van der Waals surface area contributed by atoms with Crippen LogP contribution in [0.15, 0.2) is 18.2 Å². The maximum Gasteiger partial charge on any atom is 0.120 e. The third kappa shape index (κ3) is 5.75. The second kappa shape index (κ2) is 9.85. The number of thiazole rings is 1. The summed E-state index contributed by atoms with van der Waals surface area (Å²) < 4.78 is 7.06. The average Bonchev–Trinajstić information content (AvgIpc) is 2.96. The van der Waals surface area contributed by atoms with Crippen LogP contribution in [0, 0.1) is 0 Å². The predicted molar refractivity (Wildman–Crippen MR) is 97.5 cm³/mol. The zero-order chi connectivity index (χ0) is 16.5. The van der Waals surface area contributed by atoms with Crippen molar-refractivity contribution in [2.24, 2.45) is 0 Å². The van der Waals surface area contributed by atoms with Gasteiger partial charge in [-0.1, -0.05) is 26.7 Å². The number of nitrogens with zero attached hydrogens (tertiary/aromatic N) is 2. The molecule has 1 aromatic heterocycles. The zero-order valence-electron chi connectivity index (χ0n) is 14.3. The Balaban J connectivity index is 1.89. The number of fused-ring (bicyclic) bond motifs is 1. The highest BCUT2D eigenvalue weighted by molar-refractivity contribution is 7.18. The second-order valence-corrected chi connectivity index (χ2v) is 6.82. The Bertz CT molecular complexity index is 585. The molecule has 1 N–H and O–H groups in total. The Kier molecular flexibility index (Phi) is 7.79. The van der Waals surface area contributed by atoms with Gasteiger partial charge in [0.15, 0.2) is 0 Å². The molecule has 0 unspecified atom stereocenters. The first-order valence-electron chi connectivity index (χ1n) is 8.62. The summed E-state index contributed by atoms with van der Waals surface area (Å²) in [6.45, 7) is 7.62. The lowest BCUT2D eigenvalue weighted by molar-refractivity contribution is 0.174. The number of aryl methyl sites for hydroxylation is 1. The number of benzene rings is 1. The van der Waals surface area contributed by atoms with Crippen molar-refractivity contribution in [3.8, 4) is 5.75 Å². The molecule has 2 aromatic rings. The Hall–Kier alpha value is -1.17. The van der Waals surface area contributed by atoms with Gasteiger partial charge >= 0.3 is 0 Å². The summed E-state index contributed by atoms with van der Waals surface area (Å²) in [5, 5.41) is 10.2. The van der Waals surface area contributed by atoms with Crippen LogP contribution in [-0.4, -0.2) is 47.8 Å². The van der Waals surface area contributed by atoms with Gasteiger partial charge in [-0.25, -0.2) is 4.98 Å². The molecule has 0 saturated heterocycles. The summed E-state index contributed by atoms with van der Waals surface area (Å²) in [5.74, 6) is 0.904. The number of likely N-dealkylation sites (N-methyl/N-ethyl adjacent to an activating group) is 1. The van der Waals surface area contributed by atoms with Crippen LogP contribution in [-0.2, 0) is 6.42 Å². The first-order valence-corrected chi connectivity index (χ1v) is 9.44. The van der Waals surface area contributed by atoms with E-state index in [4.69, 9.17) is 14.8 Å². The van der Waals surface area contributed by atoms with Crippen LogP contribution in [0.5, 0.6) is 5.75 Å². The number of aromatic nitrogens is 1. The van der Waals surface area contributed by atoms with Crippen LogP contribution in [0.25, 0.3) is 10.2 Å². The van der Waals surface area contributed by atoms with Crippen LogP contribution < -0.4 is 4.74 Å². The van der Waals surface area contributed by atoms with E-state index in [9.17, 15) is 0 Å². The van der Waals surface area contributed by atoms with Crippen molar-refractivity contribution in [2.45, 2.75) is 39.5 Å². The first-order chi connectivity index (χ1) is 11.3. The molecule has 0 bridgehead atoms. The number of hydrogen-bond acceptors (Lipinski definition) is 5. The van der Waals surface area contributed by atoms with Gasteiger partial charge in [0, 0.05) is 13.1 Å². The van der Waals surface area contributed by atoms with Crippen LogP contribution in [0.4, 0.5) is 0 Å². The van der Waals surface area contributed by atoms with Crippen LogP contribution in [0.2, 0.25) is 0 Å². The van der Waals surface area contributed by atoms with Gasteiger partial charge in [0.25, 0.3) is 0 Å². The normalized spacial score (nSPS) is 11.5. The lowest BCUT2D eigenvalue weighted by Crippen LogP contribution is -2.30. The fourth-order valence-electron chi connectivity index (χ4n) is 2.54. The van der Waals surface area contributed by atoms with Crippen molar-refractivity contribution in [3.63, 3.8) is 0 Å². The largest absolute Gasteiger partial charge is 0.492 e. The van der Waals surface area contributed by atoms with Crippen molar-refractivity contribution < 1.29 is 9.84 Å². The number of hydrogen-bond donors (Lipinski definition) is 1. The molecule has 0 amide bonds. The predicted octanol–water partition coefficient (Wildman–Crippen LogP) is 3.72. The number of unbranched alkanes of at least 4 members (excludes halogenated alkanes) is 2. The second-order valence-electron chi connectivity index (χ2n) is 5.70. The zero-order valence-corrected chi connectivity index (χ0v) is 15.1. The fraction of sp³-hybridized carbons (Fsp3) is 0.611. The molecule has 0 saturated carbocycles. The van der Waals surface area contributed by atoms with E-state index in [1.807, 2.05) is 6.07 Å². The molecule has 0 atom stereocenters. The molecule has 0 spiro atoms. The summed E-state index contributed by atoms with van der Waals surface area (Å²) in [4.78, 5) is 6.88. The molecule has 5 heteroatoms. The molecular formula is C18H28N2O2S. The molecule has 128 valence electrons. The monoisotopic (exact) mass is 336 g/mol. The molecule has 4 nitrogen and oxygen atoms in total. The number of ether oxygens (including phenoxy) is 1. The van der Waals surface area contributed by atoms with Crippen molar-refractivity contribution >= 4 is 21.6 Å². The third-order valence-corrected chi connectivity index (χ3v) is 5.02. The van der Waals surface area contributed by atoms with E-state index in [2.05, 4.69) is 30.9 Å². The average molecular weight is 337 g/mol. The standard InChI is InChI=1S/C18H28N2O2S/c1-3-5-6-7-18-19-16-9-8-15(14-17(16)23-18)22-13-11-20(4-2)10-12-21/h8-9,14,21H,3-7,10-13H2,1-2H3. The molecule has 0 fully saturated rings. The Morgan fingerprint density at radius 3 is 2.83 bits per heavy atom. The molecular weight excluding hydrogens is 308 g/mol. The van der Waals surface area contributed by atoms with Gasteiger partial charge in [-0.15, -0.1) is 11.3 Å². The minimum Gasteiger partial charge on any atom is -0.492 e. The van der Waals surface area contributed by atoms with Gasteiger partial charge in [-0.2, -0.15) is 0 Å². The van der Waals surface area contributed by atoms with Gasteiger partial charge in [0.2, 0.25) is 0 Å². The van der Waals surface area contributed by atoms with Gasteiger partial charge in [0.05, 0.1) is 21.8 Å². The van der Waals surface area contributed by atoms with E-state index in [1.54, 1.807) is 11.3 Å². The summed E-state index contributed by atoms with van der Waals surface area (Å²) in [5.41, 5.74) is 1.07. The Morgan fingerprint density at radius 2 is 2.09 bits per heavy atom. The van der Waals surface area contributed by atoms with Gasteiger partial charge < -0.3 is 9.84 Å². The van der Waals surface area contributed by atoms with Crippen LogP contribution >= 0.6 is 11.3 Å². The van der Waals surface area contributed by atoms with E-state index in [-0.39, 0.29) is 6.61 Å². The Morgan fingerprint density at radius 1 is 1.22 bits per heavy atom. The summed E-state index contributed by atoms with van der Waals surface area (Å²) in [6.07, 6.45) is 4.81. The number of rotatable bonds is 11.